The molecule has 3 rings (SSSR count). The van der Waals surface area contributed by atoms with Crippen molar-refractivity contribution in [3.8, 4) is 0 Å². The predicted molar refractivity (Wildman–Crippen MR) is 46.3 cm³/mol. The summed E-state index contributed by atoms with van der Waals surface area (Å²) >= 11 is 0. The second-order valence-corrected chi connectivity index (χ2v) is 4.30. The van der Waals surface area contributed by atoms with Crippen LogP contribution < -0.4 is 5.32 Å². The molecule has 0 aromatic rings. The molecule has 3 fully saturated rings. The molecule has 0 saturated carbocycles. The molecule has 13 heavy (non-hydrogen) atoms. The predicted octanol–water partition coefficient (Wildman–Crippen LogP) is 0.0465. The minimum absolute atomic E-state index is 0.141. The first-order chi connectivity index (χ1) is 6.33. The number of nitrogens with one attached hydrogen (secondary N) is 1. The van der Waals surface area contributed by atoms with E-state index in [4.69, 9.17) is 4.74 Å². The number of hydrogen-bond donors (Lipinski definition) is 1. The summed E-state index contributed by atoms with van der Waals surface area (Å²) < 4.78 is 5.22. The van der Waals surface area contributed by atoms with E-state index in [-0.39, 0.29) is 12.2 Å². The monoisotopic (exact) mass is 182 g/mol. The summed E-state index contributed by atoms with van der Waals surface area (Å²) in [7, 11) is 0. The standard InChI is InChI=1S/C9H14N2O2/c12-9-10-3-8(13-9)7-5-11-2-1-6(7)4-11/h6-8H,1-5H2,(H,10,12). The largest absolute Gasteiger partial charge is 0.444 e. The van der Waals surface area contributed by atoms with Crippen LogP contribution in [0, 0.1) is 11.8 Å². The highest BCUT2D eigenvalue weighted by molar-refractivity contribution is 5.69. The highest BCUT2D eigenvalue weighted by Crippen LogP contribution is 2.36. The first-order valence-electron chi connectivity index (χ1n) is 5.00. The molecule has 0 aromatic heterocycles. The second-order valence-electron chi connectivity index (χ2n) is 4.30. The molecule has 4 nitrogen and oxygen atoms in total. The summed E-state index contributed by atoms with van der Waals surface area (Å²) in [6, 6.07) is 0. The molecular weight excluding hydrogens is 168 g/mol. The van der Waals surface area contributed by atoms with Crippen LogP contribution in [0.2, 0.25) is 0 Å². The maximum atomic E-state index is 10.9. The lowest BCUT2D eigenvalue weighted by molar-refractivity contribution is 0.0839. The molecule has 0 spiro atoms. The van der Waals surface area contributed by atoms with Gasteiger partial charge in [-0.25, -0.2) is 4.79 Å². The zero-order valence-corrected chi connectivity index (χ0v) is 7.53. The number of fused-ring (bicyclic) bond motifs is 2. The van der Waals surface area contributed by atoms with Gasteiger partial charge >= 0.3 is 6.09 Å². The van der Waals surface area contributed by atoms with Crippen molar-refractivity contribution >= 4 is 6.09 Å². The Bertz CT molecular complexity index is 244. The zero-order valence-electron chi connectivity index (χ0n) is 7.53. The summed E-state index contributed by atoms with van der Waals surface area (Å²) in [4.78, 5) is 13.3. The second kappa shape index (κ2) is 2.61. The van der Waals surface area contributed by atoms with Gasteiger partial charge in [-0.3, -0.25) is 0 Å². The highest BCUT2D eigenvalue weighted by Gasteiger charge is 2.44. The summed E-state index contributed by atoms with van der Waals surface area (Å²) in [5, 5.41) is 2.73. The Morgan fingerprint density at radius 3 is 2.92 bits per heavy atom. The Hall–Kier alpha value is -0.770. The van der Waals surface area contributed by atoms with Crippen molar-refractivity contribution in [3.05, 3.63) is 0 Å². The number of cyclic esters (lactones) is 1. The van der Waals surface area contributed by atoms with Gasteiger partial charge in [0.25, 0.3) is 0 Å². The third kappa shape index (κ3) is 1.12. The van der Waals surface area contributed by atoms with Gasteiger partial charge in [-0.05, 0) is 18.9 Å². The first-order valence-corrected chi connectivity index (χ1v) is 5.00. The summed E-state index contributed by atoms with van der Waals surface area (Å²) in [5.74, 6) is 1.37. The van der Waals surface area contributed by atoms with Crippen LogP contribution in [0.3, 0.4) is 0 Å². The average molecular weight is 182 g/mol. The molecule has 3 aliphatic rings. The van der Waals surface area contributed by atoms with Gasteiger partial charge in [-0.15, -0.1) is 0 Å². The third-order valence-electron chi connectivity index (χ3n) is 3.57. The fourth-order valence-corrected chi connectivity index (χ4v) is 2.89. The fourth-order valence-electron chi connectivity index (χ4n) is 2.89. The van der Waals surface area contributed by atoms with E-state index in [1.54, 1.807) is 0 Å². The third-order valence-corrected chi connectivity index (χ3v) is 3.57. The van der Waals surface area contributed by atoms with E-state index in [1.807, 2.05) is 0 Å². The van der Waals surface area contributed by atoms with Crippen LogP contribution in [0.15, 0.2) is 0 Å². The number of piperidine rings is 1. The fraction of sp³-hybridized carbons (Fsp3) is 0.889. The van der Waals surface area contributed by atoms with E-state index in [2.05, 4.69) is 10.2 Å². The molecule has 1 N–H and O–H groups in total. The van der Waals surface area contributed by atoms with Crippen molar-refractivity contribution in [1.82, 2.24) is 10.2 Å². The topological polar surface area (TPSA) is 41.6 Å². The SMILES string of the molecule is O=C1NCC(C2CN3CCC2C3)O1. The van der Waals surface area contributed by atoms with Crippen molar-refractivity contribution in [1.29, 1.82) is 0 Å². The van der Waals surface area contributed by atoms with E-state index >= 15 is 0 Å². The summed E-state index contributed by atoms with van der Waals surface area (Å²) in [5.41, 5.74) is 0. The lowest BCUT2D eigenvalue weighted by atomic mass is 9.88. The Morgan fingerprint density at radius 1 is 1.46 bits per heavy atom. The minimum Gasteiger partial charge on any atom is -0.444 e. The van der Waals surface area contributed by atoms with Gasteiger partial charge in [0.1, 0.15) is 6.10 Å². The number of alkyl carbamates (subject to hydrolysis) is 1. The van der Waals surface area contributed by atoms with Gasteiger partial charge in [-0.2, -0.15) is 0 Å². The average Bonchev–Trinajstić information content (AvgIpc) is 2.77. The van der Waals surface area contributed by atoms with Gasteiger partial charge in [0.15, 0.2) is 0 Å². The van der Waals surface area contributed by atoms with E-state index in [1.165, 1.54) is 19.5 Å². The number of amides is 1. The number of rotatable bonds is 1. The van der Waals surface area contributed by atoms with E-state index in [0.717, 1.165) is 12.5 Å². The first kappa shape index (κ1) is 7.62. The van der Waals surface area contributed by atoms with Crippen molar-refractivity contribution in [2.45, 2.75) is 12.5 Å². The van der Waals surface area contributed by atoms with Gasteiger partial charge in [-0.1, -0.05) is 0 Å². The molecule has 72 valence electrons. The Morgan fingerprint density at radius 2 is 2.38 bits per heavy atom. The number of nitrogens with zero attached hydrogens (tertiary/aromatic N) is 1. The van der Waals surface area contributed by atoms with Gasteiger partial charge in [0, 0.05) is 19.0 Å². The molecule has 1 amide bonds. The molecule has 4 unspecified atom stereocenters. The molecule has 3 heterocycles. The molecule has 3 aliphatic heterocycles. The van der Waals surface area contributed by atoms with Crippen LogP contribution in [-0.4, -0.2) is 43.3 Å². The highest BCUT2D eigenvalue weighted by atomic mass is 16.6. The molecule has 3 saturated heterocycles. The van der Waals surface area contributed by atoms with Crippen LogP contribution in [0.25, 0.3) is 0 Å². The lowest BCUT2D eigenvalue weighted by Crippen LogP contribution is -2.34. The van der Waals surface area contributed by atoms with Gasteiger partial charge < -0.3 is 15.0 Å². The Labute approximate surface area is 77.2 Å². The molecule has 4 atom stereocenters. The van der Waals surface area contributed by atoms with Crippen LogP contribution in [0.5, 0.6) is 0 Å². The van der Waals surface area contributed by atoms with Crippen LogP contribution in [-0.2, 0) is 4.74 Å². The number of carbonyl (C=O) groups excluding carboxylic acids is 1. The molecule has 4 heteroatoms. The van der Waals surface area contributed by atoms with Crippen molar-refractivity contribution in [2.75, 3.05) is 26.2 Å². The molecule has 0 aliphatic carbocycles. The van der Waals surface area contributed by atoms with Crippen LogP contribution >= 0.6 is 0 Å². The molecule has 2 bridgehead atoms. The number of hydrogen-bond acceptors (Lipinski definition) is 3. The van der Waals surface area contributed by atoms with Crippen molar-refractivity contribution < 1.29 is 9.53 Å². The van der Waals surface area contributed by atoms with Gasteiger partial charge in [0.05, 0.1) is 6.54 Å². The van der Waals surface area contributed by atoms with E-state index < -0.39 is 0 Å². The number of carbonyl (C=O) groups is 1. The maximum Gasteiger partial charge on any atom is 0.407 e. The van der Waals surface area contributed by atoms with Crippen molar-refractivity contribution in [3.63, 3.8) is 0 Å². The molecule has 0 aromatic carbocycles. The smallest absolute Gasteiger partial charge is 0.407 e. The molecular formula is C9H14N2O2. The summed E-state index contributed by atoms with van der Waals surface area (Å²) in [6.45, 7) is 4.31. The van der Waals surface area contributed by atoms with Crippen LogP contribution in [0.1, 0.15) is 6.42 Å². The van der Waals surface area contributed by atoms with Crippen molar-refractivity contribution in [2.24, 2.45) is 11.8 Å². The maximum absolute atomic E-state index is 10.9. The van der Waals surface area contributed by atoms with E-state index in [9.17, 15) is 4.79 Å². The zero-order chi connectivity index (χ0) is 8.84. The minimum atomic E-state index is -0.234. The summed E-state index contributed by atoms with van der Waals surface area (Å²) in [6.07, 6.45) is 1.20. The molecule has 0 radical (unpaired) electrons. The normalized spacial score (nSPS) is 47.8. The number of ether oxygens (including phenoxy) is 1. The Balaban J connectivity index is 1.69. The van der Waals surface area contributed by atoms with E-state index in [0.29, 0.717) is 12.5 Å². The van der Waals surface area contributed by atoms with Crippen LogP contribution in [0.4, 0.5) is 4.79 Å². The quantitative estimate of drug-likeness (QED) is 0.623. The Kier molecular flexibility index (Phi) is 1.53. The lowest BCUT2D eigenvalue weighted by Gasteiger charge is -2.25. The van der Waals surface area contributed by atoms with Gasteiger partial charge in [0.2, 0.25) is 0 Å².